The number of amides is 2. The molecule has 0 saturated carbocycles. The van der Waals surface area contributed by atoms with Crippen LogP contribution in [0.4, 0.5) is 5.69 Å². The molecule has 2 aromatic carbocycles. The first-order valence-electron chi connectivity index (χ1n) is 8.66. The topological polar surface area (TPSA) is 67.9 Å². The van der Waals surface area contributed by atoms with Crippen LogP contribution in [0.1, 0.15) is 33.6 Å². The number of benzene rings is 2. The van der Waals surface area contributed by atoms with Gasteiger partial charge in [-0.1, -0.05) is 23.7 Å². The SMILES string of the molecule is COc1cc(NC(=O)c2ccccc2Cl)c(C(=O)N2CCCC2)cc1OC. The van der Waals surface area contributed by atoms with E-state index in [1.165, 1.54) is 14.2 Å². The highest BCUT2D eigenvalue weighted by atomic mass is 35.5. The summed E-state index contributed by atoms with van der Waals surface area (Å²) in [5.74, 6) is 0.298. The highest BCUT2D eigenvalue weighted by Gasteiger charge is 2.25. The lowest BCUT2D eigenvalue weighted by atomic mass is 10.1. The summed E-state index contributed by atoms with van der Waals surface area (Å²) in [6.45, 7) is 1.40. The van der Waals surface area contributed by atoms with E-state index in [1.54, 1.807) is 41.3 Å². The van der Waals surface area contributed by atoms with Crippen LogP contribution in [0.2, 0.25) is 5.02 Å². The zero-order valence-electron chi connectivity index (χ0n) is 15.3. The fraction of sp³-hybridized carbons (Fsp3) is 0.300. The smallest absolute Gasteiger partial charge is 0.257 e. The van der Waals surface area contributed by atoms with Crippen LogP contribution in [0.3, 0.4) is 0 Å². The van der Waals surface area contributed by atoms with Crippen molar-refractivity contribution in [3.8, 4) is 11.5 Å². The number of hydrogen-bond donors (Lipinski definition) is 1. The molecule has 3 rings (SSSR count). The number of methoxy groups -OCH3 is 2. The molecule has 0 bridgehead atoms. The maximum atomic E-state index is 13.0. The summed E-state index contributed by atoms with van der Waals surface area (Å²) < 4.78 is 10.6. The largest absolute Gasteiger partial charge is 0.493 e. The predicted octanol–water partition coefficient (Wildman–Crippen LogP) is 3.85. The minimum absolute atomic E-state index is 0.150. The molecule has 0 radical (unpaired) electrons. The molecule has 1 aliphatic rings. The molecule has 1 saturated heterocycles. The Morgan fingerprint density at radius 1 is 1.00 bits per heavy atom. The van der Waals surface area contributed by atoms with E-state index in [0.29, 0.717) is 46.4 Å². The van der Waals surface area contributed by atoms with Crippen LogP contribution in [-0.4, -0.2) is 44.0 Å². The Labute approximate surface area is 163 Å². The number of nitrogens with zero attached hydrogens (tertiary/aromatic N) is 1. The minimum Gasteiger partial charge on any atom is -0.493 e. The Bertz CT molecular complexity index is 863. The third-order valence-electron chi connectivity index (χ3n) is 4.51. The Balaban J connectivity index is 2.00. The van der Waals surface area contributed by atoms with Gasteiger partial charge in [0.2, 0.25) is 0 Å². The van der Waals surface area contributed by atoms with Crippen molar-refractivity contribution in [2.45, 2.75) is 12.8 Å². The molecule has 27 heavy (non-hydrogen) atoms. The monoisotopic (exact) mass is 388 g/mol. The molecule has 1 N–H and O–H groups in total. The maximum absolute atomic E-state index is 13.0. The van der Waals surface area contributed by atoms with Crippen molar-refractivity contribution in [3.05, 3.63) is 52.5 Å². The van der Waals surface area contributed by atoms with Gasteiger partial charge in [0.05, 0.1) is 36.1 Å². The van der Waals surface area contributed by atoms with Crippen molar-refractivity contribution in [1.29, 1.82) is 0 Å². The van der Waals surface area contributed by atoms with Crippen LogP contribution in [-0.2, 0) is 0 Å². The normalized spacial score (nSPS) is 13.4. The summed E-state index contributed by atoms with van der Waals surface area (Å²) in [7, 11) is 3.00. The van der Waals surface area contributed by atoms with Crippen molar-refractivity contribution < 1.29 is 19.1 Å². The second-order valence-electron chi connectivity index (χ2n) is 6.19. The van der Waals surface area contributed by atoms with E-state index < -0.39 is 5.91 Å². The number of carbonyl (C=O) groups is 2. The van der Waals surface area contributed by atoms with Crippen LogP contribution in [0.5, 0.6) is 11.5 Å². The van der Waals surface area contributed by atoms with Gasteiger partial charge in [0.25, 0.3) is 11.8 Å². The van der Waals surface area contributed by atoms with Crippen LogP contribution < -0.4 is 14.8 Å². The molecule has 6 nitrogen and oxygen atoms in total. The Morgan fingerprint density at radius 3 is 2.26 bits per heavy atom. The second kappa shape index (κ2) is 8.31. The molecule has 0 atom stereocenters. The van der Waals surface area contributed by atoms with Gasteiger partial charge in [0.1, 0.15) is 0 Å². The van der Waals surface area contributed by atoms with Crippen molar-refractivity contribution in [2.24, 2.45) is 0 Å². The first kappa shape index (κ1) is 19.0. The summed E-state index contributed by atoms with van der Waals surface area (Å²) in [5.41, 5.74) is 1.04. The lowest BCUT2D eigenvalue weighted by molar-refractivity contribution is 0.0793. The number of ether oxygens (including phenoxy) is 2. The van der Waals surface area contributed by atoms with E-state index in [4.69, 9.17) is 21.1 Å². The fourth-order valence-corrected chi connectivity index (χ4v) is 3.31. The van der Waals surface area contributed by atoms with Crippen LogP contribution in [0.15, 0.2) is 36.4 Å². The van der Waals surface area contributed by atoms with E-state index in [2.05, 4.69) is 5.32 Å². The third-order valence-corrected chi connectivity index (χ3v) is 4.84. The number of halogens is 1. The number of carbonyl (C=O) groups excluding carboxylic acids is 2. The van der Waals surface area contributed by atoms with E-state index in [1.807, 2.05) is 0 Å². The molecule has 142 valence electrons. The summed E-state index contributed by atoms with van der Waals surface area (Å²) in [5, 5.41) is 3.13. The number of nitrogens with one attached hydrogen (secondary N) is 1. The Kier molecular flexibility index (Phi) is 5.86. The average molecular weight is 389 g/mol. The first-order valence-corrected chi connectivity index (χ1v) is 9.04. The summed E-state index contributed by atoms with van der Waals surface area (Å²) in [6.07, 6.45) is 1.95. The quantitative estimate of drug-likeness (QED) is 0.844. The molecular formula is C20H21ClN2O4. The van der Waals surface area contributed by atoms with Gasteiger partial charge in [-0.3, -0.25) is 9.59 Å². The molecule has 0 unspecified atom stereocenters. The summed E-state index contributed by atoms with van der Waals surface area (Å²) in [6, 6.07) is 9.93. The van der Waals surface area contributed by atoms with Gasteiger partial charge in [-0.15, -0.1) is 0 Å². The zero-order chi connectivity index (χ0) is 19.4. The number of rotatable bonds is 5. The van der Waals surface area contributed by atoms with Gasteiger partial charge < -0.3 is 19.7 Å². The molecule has 0 spiro atoms. The third kappa shape index (κ3) is 4.01. The van der Waals surface area contributed by atoms with E-state index in [0.717, 1.165) is 12.8 Å². The molecule has 0 aromatic heterocycles. The molecule has 7 heteroatoms. The molecule has 2 aromatic rings. The minimum atomic E-state index is -0.400. The lowest BCUT2D eigenvalue weighted by Crippen LogP contribution is -2.29. The highest BCUT2D eigenvalue weighted by molar-refractivity contribution is 6.34. The standard InChI is InChI=1S/C20H21ClN2O4/c1-26-17-11-14(20(25)23-9-5-6-10-23)16(12-18(17)27-2)22-19(24)13-7-3-4-8-15(13)21/h3-4,7-8,11-12H,5-6,9-10H2,1-2H3,(H,22,24). The van der Waals surface area contributed by atoms with Crippen molar-refractivity contribution in [1.82, 2.24) is 4.90 Å². The van der Waals surface area contributed by atoms with Gasteiger partial charge in [-0.25, -0.2) is 0 Å². The van der Waals surface area contributed by atoms with Gasteiger partial charge >= 0.3 is 0 Å². The van der Waals surface area contributed by atoms with Crippen molar-refractivity contribution in [2.75, 3.05) is 32.6 Å². The number of hydrogen-bond acceptors (Lipinski definition) is 4. The zero-order valence-corrected chi connectivity index (χ0v) is 16.0. The summed E-state index contributed by atoms with van der Waals surface area (Å²) >= 11 is 6.12. The Morgan fingerprint density at radius 2 is 1.63 bits per heavy atom. The van der Waals surface area contributed by atoms with Crippen molar-refractivity contribution in [3.63, 3.8) is 0 Å². The fourth-order valence-electron chi connectivity index (χ4n) is 3.08. The maximum Gasteiger partial charge on any atom is 0.257 e. The molecule has 2 amide bonds. The lowest BCUT2D eigenvalue weighted by Gasteiger charge is -2.20. The molecule has 1 heterocycles. The first-order chi connectivity index (χ1) is 13.0. The average Bonchev–Trinajstić information content (AvgIpc) is 3.22. The van der Waals surface area contributed by atoms with Gasteiger partial charge in [-0.2, -0.15) is 0 Å². The predicted molar refractivity (Wildman–Crippen MR) is 104 cm³/mol. The number of likely N-dealkylation sites (tertiary alicyclic amines) is 1. The summed E-state index contributed by atoms with van der Waals surface area (Å²) in [4.78, 5) is 27.4. The molecule has 1 fully saturated rings. The van der Waals surface area contributed by atoms with E-state index >= 15 is 0 Å². The highest BCUT2D eigenvalue weighted by Crippen LogP contribution is 2.35. The molecule has 1 aliphatic heterocycles. The van der Waals surface area contributed by atoms with E-state index in [9.17, 15) is 9.59 Å². The van der Waals surface area contributed by atoms with Crippen molar-refractivity contribution >= 4 is 29.1 Å². The van der Waals surface area contributed by atoms with Gasteiger partial charge in [-0.05, 0) is 31.0 Å². The van der Waals surface area contributed by atoms with Crippen LogP contribution in [0, 0.1) is 0 Å². The van der Waals surface area contributed by atoms with Gasteiger partial charge in [0, 0.05) is 19.2 Å². The number of anilines is 1. The Hall–Kier alpha value is -2.73. The van der Waals surface area contributed by atoms with Crippen LogP contribution in [0.25, 0.3) is 0 Å². The van der Waals surface area contributed by atoms with Crippen LogP contribution >= 0.6 is 11.6 Å². The van der Waals surface area contributed by atoms with Gasteiger partial charge in [0.15, 0.2) is 11.5 Å². The molecular weight excluding hydrogens is 368 g/mol. The second-order valence-corrected chi connectivity index (χ2v) is 6.59. The van der Waals surface area contributed by atoms with E-state index in [-0.39, 0.29) is 5.91 Å². The molecule has 0 aliphatic carbocycles.